The molecular formula is C44H58ClF3N6O8. The minimum atomic E-state index is -4.91. The Balaban J connectivity index is 0.911. The van der Waals surface area contributed by atoms with Gasteiger partial charge in [0.15, 0.2) is 6.10 Å². The van der Waals surface area contributed by atoms with Crippen LogP contribution in [0.3, 0.4) is 0 Å². The van der Waals surface area contributed by atoms with Crippen LogP contribution in [0.15, 0.2) is 36.4 Å². The van der Waals surface area contributed by atoms with Gasteiger partial charge in [0.1, 0.15) is 12.4 Å². The number of amides is 4. The number of piperidine rings is 3. The van der Waals surface area contributed by atoms with Crippen molar-refractivity contribution in [2.45, 2.75) is 76.1 Å². The van der Waals surface area contributed by atoms with E-state index < -0.39 is 40.6 Å². The van der Waals surface area contributed by atoms with Crippen LogP contribution < -0.4 is 5.32 Å². The standard InChI is InChI=1S/C44H58ClF3N6O8/c45-36-28-30(27-35(40(36)56)44(46,47)48)29-38(62-43(59)53-18-10-34(11-19-53)54-20-9-33-3-1-2-4-37(33)49-42(54)58)41(57)52-16-7-32(8-17-52)31-5-13-50(14-6-31)15-12-39(55)61-26-23-51-21-24-60-25-22-51/h1-4,27-28,31-32,34,38,56H,5-26,29H2,(H,49,58)/t38-/m1/s1. The topological polar surface area (TPSA) is 144 Å². The highest BCUT2D eigenvalue weighted by atomic mass is 35.5. The number of alkyl halides is 3. The number of rotatable bonds is 12. The SMILES string of the molecule is O=C(CCN1CCC(C2CCN(C(=O)[C@@H](Cc3cc(Cl)c(O)c(C(F)(F)F)c3)OC(=O)N3CCC(N4CCc5ccccc5NC4=O)CC3)CC2)CC1)OCCN1CCOCC1. The first-order chi connectivity index (χ1) is 29.8. The quantitative estimate of drug-likeness (QED) is 0.248. The van der Waals surface area contributed by atoms with Gasteiger partial charge in [-0.15, -0.1) is 0 Å². The number of nitrogens with zero attached hydrogens (tertiary/aromatic N) is 5. The lowest BCUT2D eigenvalue weighted by Gasteiger charge is -2.41. The summed E-state index contributed by atoms with van der Waals surface area (Å²) in [5.74, 6) is -0.976. The molecule has 340 valence electrons. The molecule has 62 heavy (non-hydrogen) atoms. The van der Waals surface area contributed by atoms with Crippen molar-refractivity contribution < 1.29 is 51.7 Å². The molecule has 0 spiro atoms. The van der Waals surface area contributed by atoms with Crippen molar-refractivity contribution in [2.24, 2.45) is 11.8 Å². The number of phenols is 1. The van der Waals surface area contributed by atoms with E-state index in [1.165, 1.54) is 4.90 Å². The van der Waals surface area contributed by atoms with Gasteiger partial charge in [-0.05, 0) is 99.2 Å². The van der Waals surface area contributed by atoms with Gasteiger partial charge in [0, 0.05) is 77.1 Å². The average molecular weight is 891 g/mol. The number of hydrogen-bond donors (Lipinski definition) is 2. The molecule has 4 amide bonds. The molecule has 14 nitrogen and oxygen atoms in total. The van der Waals surface area contributed by atoms with Gasteiger partial charge >= 0.3 is 24.3 Å². The van der Waals surface area contributed by atoms with Crippen LogP contribution in [0, 0.1) is 11.8 Å². The minimum absolute atomic E-state index is 0.0129. The zero-order chi connectivity index (χ0) is 43.8. The van der Waals surface area contributed by atoms with Gasteiger partial charge in [-0.25, -0.2) is 9.59 Å². The third kappa shape index (κ3) is 11.8. The Morgan fingerprint density at radius 3 is 2.19 bits per heavy atom. The van der Waals surface area contributed by atoms with Gasteiger partial charge in [0.2, 0.25) is 0 Å². The Labute approximate surface area is 365 Å². The number of morpholine rings is 1. The lowest BCUT2D eigenvalue weighted by molar-refractivity contribution is -0.145. The zero-order valence-corrected chi connectivity index (χ0v) is 35.8. The van der Waals surface area contributed by atoms with Crippen LogP contribution in [-0.2, 0) is 42.8 Å². The molecule has 7 rings (SSSR count). The molecule has 5 aliphatic rings. The molecule has 0 aliphatic carbocycles. The first kappa shape index (κ1) is 45.7. The van der Waals surface area contributed by atoms with E-state index in [-0.39, 0.29) is 43.1 Å². The summed E-state index contributed by atoms with van der Waals surface area (Å²) in [5.41, 5.74) is 0.472. The predicted octanol–water partition coefficient (Wildman–Crippen LogP) is 5.88. The molecule has 0 aromatic heterocycles. The molecule has 5 heterocycles. The fourth-order valence-corrected chi connectivity index (χ4v) is 9.80. The van der Waals surface area contributed by atoms with Crippen LogP contribution in [0.25, 0.3) is 0 Å². The van der Waals surface area contributed by atoms with E-state index >= 15 is 0 Å². The molecule has 0 saturated carbocycles. The summed E-state index contributed by atoms with van der Waals surface area (Å²) in [7, 11) is 0. The molecule has 4 saturated heterocycles. The van der Waals surface area contributed by atoms with Crippen LogP contribution in [-0.4, -0.2) is 158 Å². The van der Waals surface area contributed by atoms with Gasteiger partial charge in [-0.2, -0.15) is 13.2 Å². The number of halogens is 4. The van der Waals surface area contributed by atoms with Gasteiger partial charge in [0.25, 0.3) is 5.91 Å². The number of phenolic OH excluding ortho intramolecular Hbond substituents is 1. The van der Waals surface area contributed by atoms with Crippen LogP contribution in [0.5, 0.6) is 5.75 Å². The molecule has 2 N–H and O–H groups in total. The third-order valence-electron chi connectivity index (χ3n) is 13.2. The van der Waals surface area contributed by atoms with Crippen LogP contribution in [0.2, 0.25) is 5.02 Å². The van der Waals surface area contributed by atoms with Crippen molar-refractivity contribution in [3.63, 3.8) is 0 Å². The number of fused-ring (bicyclic) bond motifs is 1. The van der Waals surface area contributed by atoms with Crippen molar-refractivity contribution in [1.29, 1.82) is 0 Å². The number of carbonyl (C=O) groups is 4. The van der Waals surface area contributed by atoms with Crippen molar-refractivity contribution in [2.75, 3.05) is 97.1 Å². The average Bonchev–Trinajstić information content (AvgIpc) is 3.44. The number of likely N-dealkylation sites (tertiary alicyclic amines) is 3. The number of ether oxygens (including phenoxy) is 3. The van der Waals surface area contributed by atoms with Crippen LogP contribution >= 0.6 is 11.6 Å². The minimum Gasteiger partial charge on any atom is -0.506 e. The lowest BCUT2D eigenvalue weighted by atomic mass is 9.78. The van der Waals surface area contributed by atoms with E-state index in [0.29, 0.717) is 90.1 Å². The summed E-state index contributed by atoms with van der Waals surface area (Å²) in [6.07, 6.45) is -2.09. The first-order valence-electron chi connectivity index (χ1n) is 22.0. The molecule has 5 aliphatic heterocycles. The first-order valence-corrected chi connectivity index (χ1v) is 22.4. The summed E-state index contributed by atoms with van der Waals surface area (Å²) < 4.78 is 58.3. The fraction of sp³-hybridized carbons (Fsp3) is 0.636. The van der Waals surface area contributed by atoms with Crippen LogP contribution in [0.1, 0.15) is 61.6 Å². The maximum atomic E-state index is 14.2. The highest BCUT2D eigenvalue weighted by molar-refractivity contribution is 6.32. The number of para-hydroxylation sites is 1. The van der Waals surface area contributed by atoms with Gasteiger partial charge in [0.05, 0.1) is 30.2 Å². The number of nitrogens with one attached hydrogen (secondary N) is 1. The Morgan fingerprint density at radius 2 is 1.50 bits per heavy atom. The van der Waals surface area contributed by atoms with E-state index in [0.717, 1.165) is 75.2 Å². The van der Waals surface area contributed by atoms with E-state index in [1.54, 1.807) is 9.80 Å². The Bertz CT molecular complexity index is 1880. The van der Waals surface area contributed by atoms with Crippen molar-refractivity contribution in [1.82, 2.24) is 24.5 Å². The monoisotopic (exact) mass is 890 g/mol. The summed E-state index contributed by atoms with van der Waals surface area (Å²) >= 11 is 6.04. The molecule has 18 heteroatoms. The van der Waals surface area contributed by atoms with E-state index in [2.05, 4.69) is 15.1 Å². The lowest BCUT2D eigenvalue weighted by Crippen LogP contribution is -2.52. The summed E-state index contributed by atoms with van der Waals surface area (Å²) in [5, 5.41) is 12.6. The summed E-state index contributed by atoms with van der Waals surface area (Å²) in [6, 6.07) is 9.22. The van der Waals surface area contributed by atoms with Gasteiger partial charge in [-0.1, -0.05) is 29.8 Å². The zero-order valence-electron chi connectivity index (χ0n) is 35.1. The summed E-state index contributed by atoms with van der Waals surface area (Å²) in [4.78, 5) is 62.9. The van der Waals surface area contributed by atoms with Gasteiger partial charge in [-0.3, -0.25) is 14.5 Å². The smallest absolute Gasteiger partial charge is 0.420 e. The molecule has 0 unspecified atom stereocenters. The van der Waals surface area contributed by atoms with Crippen LogP contribution in [0.4, 0.5) is 28.4 Å². The largest absolute Gasteiger partial charge is 0.506 e. The second kappa shape index (κ2) is 20.9. The molecule has 4 fully saturated rings. The normalized spacial score (nSPS) is 20.9. The number of hydrogen-bond acceptors (Lipinski definition) is 10. The molecule has 2 aromatic rings. The van der Waals surface area contributed by atoms with Crippen molar-refractivity contribution >= 4 is 41.3 Å². The van der Waals surface area contributed by atoms with Gasteiger partial charge < -0.3 is 44.2 Å². The molecule has 1 atom stereocenters. The summed E-state index contributed by atoms with van der Waals surface area (Å²) in [6.45, 7) is 8.45. The maximum absolute atomic E-state index is 14.2. The van der Waals surface area contributed by atoms with Crippen molar-refractivity contribution in [3.8, 4) is 5.75 Å². The maximum Gasteiger partial charge on any atom is 0.420 e. The van der Waals surface area contributed by atoms with Crippen molar-refractivity contribution in [3.05, 3.63) is 58.1 Å². The predicted molar refractivity (Wildman–Crippen MR) is 224 cm³/mol. The van der Waals surface area contributed by atoms with E-state index in [4.69, 9.17) is 25.8 Å². The number of anilines is 1. The Hall–Kier alpha value is -4.32. The molecule has 2 aromatic carbocycles. The second-order valence-corrected chi connectivity index (χ2v) is 17.5. The highest BCUT2D eigenvalue weighted by Crippen LogP contribution is 2.41. The molecule has 0 radical (unpaired) electrons. The Morgan fingerprint density at radius 1 is 0.855 bits per heavy atom. The Kier molecular flexibility index (Phi) is 15.4. The van der Waals surface area contributed by atoms with E-state index in [9.17, 15) is 37.5 Å². The number of aromatic hydroxyl groups is 1. The highest BCUT2D eigenvalue weighted by Gasteiger charge is 2.39. The number of carbonyl (C=O) groups excluding carboxylic acids is 4. The van der Waals surface area contributed by atoms with E-state index in [1.807, 2.05) is 24.3 Å². The molecule has 0 bridgehead atoms. The third-order valence-corrected chi connectivity index (χ3v) is 13.5. The number of esters is 1. The number of benzene rings is 2. The second-order valence-electron chi connectivity index (χ2n) is 17.1. The fourth-order valence-electron chi connectivity index (χ4n) is 9.55. The molecular weight excluding hydrogens is 833 g/mol. The number of urea groups is 1.